The first-order valence-corrected chi connectivity index (χ1v) is 12.7. The molecular weight excluding hydrogens is 484 g/mol. The van der Waals surface area contributed by atoms with Crippen molar-refractivity contribution in [1.29, 1.82) is 0 Å². The molecule has 0 spiro atoms. The number of aryl methyl sites for hydroxylation is 1. The van der Waals surface area contributed by atoms with Gasteiger partial charge in [0.05, 0.1) is 35.2 Å². The molecule has 3 aromatic rings. The number of aromatic nitrogens is 1. The predicted octanol–water partition coefficient (Wildman–Crippen LogP) is 5.71. The molecule has 2 aromatic carbocycles. The molecule has 0 radical (unpaired) electrons. The normalized spacial score (nSPS) is 14.2. The Kier molecular flexibility index (Phi) is 8.38. The zero-order chi connectivity index (χ0) is 27.3. The number of morpholine rings is 1. The van der Waals surface area contributed by atoms with E-state index in [2.05, 4.69) is 4.90 Å². The molecule has 200 valence electrons. The van der Waals surface area contributed by atoms with Crippen LogP contribution in [0, 0.1) is 17.0 Å². The summed E-state index contributed by atoms with van der Waals surface area (Å²) in [4.78, 5) is 33.5. The van der Waals surface area contributed by atoms with Gasteiger partial charge < -0.3 is 9.47 Å². The van der Waals surface area contributed by atoms with E-state index in [0.717, 1.165) is 18.7 Å². The molecule has 2 heterocycles. The Morgan fingerprint density at radius 2 is 1.76 bits per heavy atom. The number of ether oxygens (including phenoxy) is 2. The molecule has 9 heteroatoms. The highest BCUT2D eigenvalue weighted by atomic mass is 16.6. The zero-order valence-electron chi connectivity index (χ0n) is 22.3. The molecule has 1 saturated heterocycles. The summed E-state index contributed by atoms with van der Waals surface area (Å²) >= 11 is 0. The molecule has 0 saturated carbocycles. The summed E-state index contributed by atoms with van der Waals surface area (Å²) in [6.45, 7) is 11.2. The first kappa shape index (κ1) is 27.2. The highest BCUT2D eigenvalue weighted by molar-refractivity contribution is 5.96. The highest BCUT2D eigenvalue weighted by Crippen LogP contribution is 2.38. The lowest BCUT2D eigenvalue weighted by atomic mass is 9.98. The van der Waals surface area contributed by atoms with Crippen LogP contribution in [0.4, 0.5) is 16.2 Å². The number of non-ortho nitro benzene ring substituents is 1. The summed E-state index contributed by atoms with van der Waals surface area (Å²) in [5.74, 6) is 0. The number of carbonyl (C=O) groups is 1. The van der Waals surface area contributed by atoms with Crippen LogP contribution in [0.25, 0.3) is 22.4 Å². The van der Waals surface area contributed by atoms with Crippen molar-refractivity contribution in [3.63, 3.8) is 0 Å². The number of hydrogen-bond donors (Lipinski definition) is 0. The second-order valence-electron chi connectivity index (χ2n) is 10.2. The van der Waals surface area contributed by atoms with Gasteiger partial charge in [-0.1, -0.05) is 42.5 Å². The van der Waals surface area contributed by atoms with Crippen molar-refractivity contribution in [2.45, 2.75) is 33.3 Å². The van der Waals surface area contributed by atoms with Gasteiger partial charge >= 0.3 is 6.09 Å². The lowest BCUT2D eigenvalue weighted by Crippen LogP contribution is -2.45. The molecule has 4 rings (SSSR count). The number of nitro benzene ring substituents is 1. The van der Waals surface area contributed by atoms with E-state index < -0.39 is 16.6 Å². The second kappa shape index (κ2) is 11.7. The van der Waals surface area contributed by atoms with E-state index >= 15 is 0 Å². The number of carbonyl (C=O) groups excluding carboxylic acids is 1. The molecule has 0 atom stereocenters. The number of hydrogen-bond acceptors (Lipinski definition) is 7. The Bertz CT molecular complexity index is 1280. The predicted molar refractivity (Wildman–Crippen MR) is 147 cm³/mol. The van der Waals surface area contributed by atoms with Crippen LogP contribution in [0.15, 0.2) is 60.7 Å². The minimum absolute atomic E-state index is 0.0266. The number of anilines is 1. The third kappa shape index (κ3) is 6.73. The van der Waals surface area contributed by atoms with Gasteiger partial charge in [-0.15, -0.1) is 0 Å². The summed E-state index contributed by atoms with van der Waals surface area (Å²) < 4.78 is 11.3. The fourth-order valence-electron chi connectivity index (χ4n) is 4.45. The smallest absolute Gasteiger partial charge is 0.414 e. The summed E-state index contributed by atoms with van der Waals surface area (Å²) in [5.41, 5.74) is 3.39. The molecule has 38 heavy (non-hydrogen) atoms. The minimum Gasteiger partial charge on any atom is -0.443 e. The topological polar surface area (TPSA) is 98.0 Å². The Labute approximate surface area is 223 Å². The molecule has 1 aliphatic heterocycles. The van der Waals surface area contributed by atoms with Crippen LogP contribution in [0.5, 0.6) is 0 Å². The Balaban J connectivity index is 1.86. The highest BCUT2D eigenvalue weighted by Gasteiger charge is 2.29. The van der Waals surface area contributed by atoms with Crippen LogP contribution in [-0.2, 0) is 9.47 Å². The van der Waals surface area contributed by atoms with E-state index in [1.807, 2.05) is 70.2 Å². The molecule has 0 N–H and O–H groups in total. The fraction of sp³-hybridized carbons (Fsp3) is 0.379. The summed E-state index contributed by atoms with van der Waals surface area (Å²) in [6.07, 6.45) is -0.491. The number of benzene rings is 2. The van der Waals surface area contributed by atoms with Gasteiger partial charge in [0.25, 0.3) is 5.69 Å². The lowest BCUT2D eigenvalue weighted by Gasteiger charge is -2.33. The summed E-state index contributed by atoms with van der Waals surface area (Å²) in [5, 5.41) is 11.6. The van der Waals surface area contributed by atoms with E-state index in [1.54, 1.807) is 11.0 Å². The van der Waals surface area contributed by atoms with Gasteiger partial charge in [-0.3, -0.25) is 24.9 Å². The molecule has 1 amide bonds. The van der Waals surface area contributed by atoms with Gasteiger partial charge in [0.2, 0.25) is 0 Å². The van der Waals surface area contributed by atoms with Crippen LogP contribution < -0.4 is 4.90 Å². The van der Waals surface area contributed by atoms with Gasteiger partial charge in [-0.05, 0) is 39.3 Å². The molecule has 1 fully saturated rings. The molecule has 1 aromatic heterocycles. The van der Waals surface area contributed by atoms with E-state index in [9.17, 15) is 14.9 Å². The Morgan fingerprint density at radius 1 is 1.08 bits per heavy atom. The Hall–Kier alpha value is -3.82. The van der Waals surface area contributed by atoms with E-state index in [0.29, 0.717) is 54.5 Å². The van der Waals surface area contributed by atoms with Crippen molar-refractivity contribution in [1.82, 2.24) is 9.88 Å². The standard InChI is InChI=1S/C29H34N4O5/c1-21-27(32(28(34)38-29(2,3)4)14-13-31-15-17-37-18-16-31)25(23-11-8-12-24(19-23)33(35)36)20-26(30-21)22-9-6-5-7-10-22/h5-12,19-20H,13-18H2,1-4H3. The zero-order valence-corrected chi connectivity index (χ0v) is 22.3. The van der Waals surface area contributed by atoms with Gasteiger partial charge in [-0.2, -0.15) is 0 Å². The molecule has 0 bridgehead atoms. The van der Waals surface area contributed by atoms with Crippen molar-refractivity contribution in [2.75, 3.05) is 44.3 Å². The molecule has 0 unspecified atom stereocenters. The lowest BCUT2D eigenvalue weighted by molar-refractivity contribution is -0.384. The van der Waals surface area contributed by atoms with Gasteiger partial charge in [0, 0.05) is 49.4 Å². The number of pyridine rings is 1. The first-order chi connectivity index (χ1) is 18.1. The van der Waals surface area contributed by atoms with Crippen molar-refractivity contribution in [2.24, 2.45) is 0 Å². The van der Waals surface area contributed by atoms with Crippen LogP contribution in [-0.4, -0.2) is 65.9 Å². The number of rotatable bonds is 7. The SMILES string of the molecule is Cc1nc(-c2ccccc2)cc(-c2cccc([N+](=O)[O-])c2)c1N(CCN1CCOCC1)C(=O)OC(C)(C)C. The van der Waals surface area contributed by atoms with Crippen molar-refractivity contribution < 1.29 is 19.2 Å². The maximum absolute atomic E-state index is 13.6. The monoisotopic (exact) mass is 518 g/mol. The van der Waals surface area contributed by atoms with Crippen molar-refractivity contribution in [3.8, 4) is 22.4 Å². The average Bonchev–Trinajstić information content (AvgIpc) is 2.89. The van der Waals surface area contributed by atoms with Crippen LogP contribution >= 0.6 is 0 Å². The number of nitro groups is 1. The van der Waals surface area contributed by atoms with Gasteiger partial charge in [0.1, 0.15) is 5.60 Å². The third-order valence-electron chi connectivity index (χ3n) is 6.23. The first-order valence-electron chi connectivity index (χ1n) is 12.7. The fourth-order valence-corrected chi connectivity index (χ4v) is 4.45. The minimum atomic E-state index is -0.703. The van der Waals surface area contributed by atoms with Crippen molar-refractivity contribution in [3.05, 3.63) is 76.5 Å². The van der Waals surface area contributed by atoms with Crippen molar-refractivity contribution >= 4 is 17.5 Å². The number of amides is 1. The molecular formula is C29H34N4O5. The van der Waals surface area contributed by atoms with E-state index in [1.165, 1.54) is 12.1 Å². The number of nitrogens with zero attached hydrogens (tertiary/aromatic N) is 4. The Morgan fingerprint density at radius 3 is 2.42 bits per heavy atom. The summed E-state index contributed by atoms with van der Waals surface area (Å²) in [6, 6.07) is 18.1. The van der Waals surface area contributed by atoms with Gasteiger partial charge in [0.15, 0.2) is 0 Å². The average molecular weight is 519 g/mol. The molecule has 1 aliphatic rings. The molecule has 9 nitrogen and oxygen atoms in total. The largest absolute Gasteiger partial charge is 0.443 e. The maximum Gasteiger partial charge on any atom is 0.414 e. The molecule has 0 aliphatic carbocycles. The van der Waals surface area contributed by atoms with E-state index in [4.69, 9.17) is 14.5 Å². The third-order valence-corrected chi connectivity index (χ3v) is 6.23. The second-order valence-corrected chi connectivity index (χ2v) is 10.2. The van der Waals surface area contributed by atoms with E-state index in [-0.39, 0.29) is 5.69 Å². The van der Waals surface area contributed by atoms with Crippen LogP contribution in [0.2, 0.25) is 0 Å². The maximum atomic E-state index is 13.6. The quantitative estimate of drug-likeness (QED) is 0.292. The van der Waals surface area contributed by atoms with Gasteiger partial charge in [-0.25, -0.2) is 4.79 Å². The van der Waals surface area contributed by atoms with Crippen LogP contribution in [0.3, 0.4) is 0 Å². The van der Waals surface area contributed by atoms with Crippen LogP contribution in [0.1, 0.15) is 26.5 Å². The summed E-state index contributed by atoms with van der Waals surface area (Å²) in [7, 11) is 0.